The molecule has 6 aromatic carbocycles. The van der Waals surface area contributed by atoms with Gasteiger partial charge in [0.15, 0.2) is 0 Å². The molecule has 1 aliphatic carbocycles. The second-order valence-electron chi connectivity index (χ2n) is 12.5. The van der Waals surface area contributed by atoms with E-state index in [4.69, 9.17) is 4.98 Å². The van der Waals surface area contributed by atoms with E-state index in [-0.39, 0.29) is 5.56 Å². The van der Waals surface area contributed by atoms with E-state index in [1.54, 1.807) is 6.07 Å². The molecule has 0 N–H and O–H groups in total. The predicted molar refractivity (Wildman–Crippen MR) is 190 cm³/mol. The summed E-state index contributed by atoms with van der Waals surface area (Å²) in [6, 6.07) is 46.2. The molecule has 47 heavy (non-hydrogen) atoms. The van der Waals surface area contributed by atoms with E-state index in [0.29, 0.717) is 11.2 Å². The van der Waals surface area contributed by atoms with Gasteiger partial charge in [-0.15, -0.1) is 0 Å². The van der Waals surface area contributed by atoms with E-state index < -0.39 is 0 Å². The molecule has 0 amide bonds. The Bertz CT molecular complexity index is 2860. The fraction of sp³-hybridized carbons (Fsp3) is 0.0476. The normalized spacial score (nSPS) is 13.8. The highest BCUT2D eigenvalue weighted by molar-refractivity contribution is 6.24. The van der Waals surface area contributed by atoms with E-state index in [0.717, 1.165) is 51.6 Å². The third-order valence-corrected chi connectivity index (χ3v) is 10.1. The van der Waals surface area contributed by atoms with Crippen LogP contribution in [0.15, 0.2) is 126 Å². The summed E-state index contributed by atoms with van der Waals surface area (Å²) in [6.07, 6.45) is 4.23. The van der Waals surface area contributed by atoms with Crippen molar-refractivity contribution in [3.05, 3.63) is 155 Å². The lowest BCUT2D eigenvalue weighted by atomic mass is 9.90. The number of pyridine rings is 1. The van der Waals surface area contributed by atoms with Gasteiger partial charge in [0.05, 0.1) is 39.0 Å². The van der Waals surface area contributed by atoms with Crippen molar-refractivity contribution in [3.63, 3.8) is 0 Å². The average Bonchev–Trinajstić information content (AvgIpc) is 3.69. The molecule has 0 atom stereocenters. The number of fused-ring (bicyclic) bond motifs is 2. The molecule has 9 aromatic rings. The van der Waals surface area contributed by atoms with Gasteiger partial charge < -0.3 is 9.47 Å². The van der Waals surface area contributed by atoms with Gasteiger partial charge in [-0.1, -0.05) is 84.9 Å². The van der Waals surface area contributed by atoms with Crippen LogP contribution in [-0.2, 0) is 6.42 Å². The highest BCUT2D eigenvalue weighted by atomic mass is 16.1. The molecule has 0 spiro atoms. The SMILES string of the molecule is O=c1c2ccc#cc2c2c(-n3c4c5c6c7c(cccc7ccc63)N(c3ccccc3)C5=CCC4)ccc3nc(-c4ccccc4)n1c32. The Hall–Kier alpha value is -6.38. The molecule has 11 rings (SSSR count). The molecule has 0 radical (unpaired) electrons. The zero-order valence-electron chi connectivity index (χ0n) is 25.2. The van der Waals surface area contributed by atoms with E-state index >= 15 is 0 Å². The summed E-state index contributed by atoms with van der Waals surface area (Å²) >= 11 is 0. The highest BCUT2D eigenvalue weighted by Crippen LogP contribution is 2.52. The van der Waals surface area contributed by atoms with Crippen LogP contribution in [0, 0.1) is 12.1 Å². The smallest absolute Gasteiger partial charge is 0.265 e. The molecule has 5 heteroatoms. The van der Waals surface area contributed by atoms with Crippen molar-refractivity contribution in [1.29, 1.82) is 0 Å². The van der Waals surface area contributed by atoms with Crippen LogP contribution < -0.4 is 10.5 Å². The zero-order chi connectivity index (χ0) is 30.8. The van der Waals surface area contributed by atoms with Crippen LogP contribution >= 0.6 is 0 Å². The number of nitrogens with zero attached hydrogens (tertiary/aromatic N) is 4. The molecule has 1 aliphatic heterocycles. The number of rotatable bonds is 3. The monoisotopic (exact) mass is 600 g/mol. The Morgan fingerprint density at radius 1 is 0.745 bits per heavy atom. The van der Waals surface area contributed by atoms with Gasteiger partial charge in [-0.2, -0.15) is 0 Å². The number of hydrogen-bond donors (Lipinski definition) is 0. The molecule has 5 nitrogen and oxygen atoms in total. The third-order valence-electron chi connectivity index (χ3n) is 10.1. The molecular formula is C42H24N4O. The maximum Gasteiger partial charge on any atom is 0.265 e. The number of imidazole rings is 1. The number of benzene rings is 5. The number of allylic oxidation sites excluding steroid dienone is 1. The third kappa shape index (κ3) is 3.09. The van der Waals surface area contributed by atoms with Crippen LogP contribution in [0.4, 0.5) is 11.4 Å². The van der Waals surface area contributed by atoms with E-state index in [1.165, 1.54) is 44.3 Å². The summed E-state index contributed by atoms with van der Waals surface area (Å²) in [4.78, 5) is 21.7. The maximum atomic E-state index is 14.2. The van der Waals surface area contributed by atoms with E-state index in [2.05, 4.69) is 100 Å². The fourth-order valence-corrected chi connectivity index (χ4v) is 8.25. The van der Waals surface area contributed by atoms with Crippen LogP contribution in [-0.4, -0.2) is 14.0 Å². The van der Waals surface area contributed by atoms with Gasteiger partial charge in [0.1, 0.15) is 5.82 Å². The summed E-state index contributed by atoms with van der Waals surface area (Å²) in [5.41, 5.74) is 10.8. The molecule has 0 unspecified atom stereocenters. The second-order valence-corrected chi connectivity index (χ2v) is 12.5. The predicted octanol–water partition coefficient (Wildman–Crippen LogP) is 9.24. The van der Waals surface area contributed by atoms with Crippen LogP contribution in [0.5, 0.6) is 0 Å². The number of hydrogen-bond acceptors (Lipinski definition) is 3. The van der Waals surface area contributed by atoms with Crippen molar-refractivity contribution in [2.45, 2.75) is 12.8 Å². The number of aromatic nitrogens is 3. The Morgan fingerprint density at radius 3 is 2.47 bits per heavy atom. The van der Waals surface area contributed by atoms with Crippen molar-refractivity contribution in [3.8, 4) is 17.1 Å². The van der Waals surface area contributed by atoms with Gasteiger partial charge in [-0.05, 0) is 66.8 Å². The van der Waals surface area contributed by atoms with Crippen LogP contribution in [0.1, 0.15) is 17.7 Å². The van der Waals surface area contributed by atoms with Gasteiger partial charge >= 0.3 is 0 Å². The Morgan fingerprint density at radius 2 is 1.60 bits per heavy atom. The van der Waals surface area contributed by atoms with Gasteiger partial charge in [0.2, 0.25) is 0 Å². The number of anilines is 2. The Labute approximate surface area is 269 Å². The van der Waals surface area contributed by atoms with Crippen molar-refractivity contribution in [2.24, 2.45) is 0 Å². The molecule has 4 heterocycles. The first-order valence-corrected chi connectivity index (χ1v) is 16.0. The summed E-state index contributed by atoms with van der Waals surface area (Å²) in [5.74, 6) is 0.652. The van der Waals surface area contributed by atoms with Crippen molar-refractivity contribution < 1.29 is 0 Å². The topological polar surface area (TPSA) is 42.5 Å². The standard InChI is InChI=1S/C42H24N4O/c47-42-29-17-8-7-16-28(29)37-34(24-22-30-40(37)46(42)41(43-30)26-11-3-1-4-12-26)45-33-20-10-19-32-38(33)39-35(45)23-21-25-13-9-18-31(36(25)39)44(32)27-14-5-2-6-15-27/h1-6,8-9,11-15,17-19,21-24H,10,20H2. The minimum absolute atomic E-state index is 0.0899. The zero-order valence-corrected chi connectivity index (χ0v) is 25.2. The van der Waals surface area contributed by atoms with Crippen molar-refractivity contribution in [2.75, 3.05) is 4.90 Å². The van der Waals surface area contributed by atoms with E-state index in [9.17, 15) is 4.79 Å². The first kappa shape index (κ1) is 24.9. The Balaban J connectivity index is 1.31. The molecule has 2 aliphatic rings. The quantitative estimate of drug-likeness (QED) is 0.203. The number of para-hydroxylation sites is 1. The molecule has 0 saturated heterocycles. The lowest BCUT2D eigenvalue weighted by Gasteiger charge is -2.34. The summed E-state index contributed by atoms with van der Waals surface area (Å²) in [6.45, 7) is 0. The second kappa shape index (κ2) is 8.87. The highest BCUT2D eigenvalue weighted by Gasteiger charge is 2.34. The Kier molecular flexibility index (Phi) is 4.70. The molecule has 3 aromatic heterocycles. The first-order valence-electron chi connectivity index (χ1n) is 16.0. The largest absolute Gasteiger partial charge is 0.312 e. The lowest BCUT2D eigenvalue weighted by Crippen LogP contribution is -2.21. The molecule has 0 saturated carbocycles. The van der Waals surface area contributed by atoms with E-state index in [1.807, 2.05) is 40.8 Å². The summed E-state index contributed by atoms with van der Waals surface area (Å²) in [7, 11) is 0. The average molecular weight is 601 g/mol. The van der Waals surface area contributed by atoms with Gasteiger partial charge in [-0.3, -0.25) is 9.20 Å². The van der Waals surface area contributed by atoms with Gasteiger partial charge in [0, 0.05) is 44.1 Å². The lowest BCUT2D eigenvalue weighted by molar-refractivity contribution is 0.882. The minimum Gasteiger partial charge on any atom is -0.312 e. The van der Waals surface area contributed by atoms with Crippen molar-refractivity contribution >= 4 is 65.9 Å². The summed E-state index contributed by atoms with van der Waals surface area (Å²) < 4.78 is 4.27. The molecule has 218 valence electrons. The van der Waals surface area contributed by atoms with Crippen LogP contribution in [0.2, 0.25) is 0 Å². The van der Waals surface area contributed by atoms with Crippen LogP contribution in [0.25, 0.3) is 71.6 Å². The fourth-order valence-electron chi connectivity index (χ4n) is 8.25. The maximum absolute atomic E-state index is 14.2. The van der Waals surface area contributed by atoms with Crippen LogP contribution in [0.3, 0.4) is 0 Å². The first-order chi connectivity index (χ1) is 23.3. The molecule has 0 bridgehead atoms. The van der Waals surface area contributed by atoms with Gasteiger partial charge in [-0.25, -0.2) is 4.98 Å². The molecule has 0 fully saturated rings. The minimum atomic E-state index is -0.0899. The summed E-state index contributed by atoms with van der Waals surface area (Å²) in [5, 5.41) is 6.12. The van der Waals surface area contributed by atoms with Crippen molar-refractivity contribution in [1.82, 2.24) is 14.0 Å². The molecular weight excluding hydrogens is 576 g/mol. The van der Waals surface area contributed by atoms with Gasteiger partial charge in [0.25, 0.3) is 5.56 Å².